The SMILES string of the molecule is CCc1nc(-c2ccc(C(=O)N3CCCN(c4nccs4)CC3)cc2)n[nH]1. The molecule has 1 aliphatic heterocycles. The smallest absolute Gasteiger partial charge is 0.253 e. The third kappa shape index (κ3) is 3.85. The molecule has 140 valence electrons. The Balaban J connectivity index is 1.43. The molecule has 0 aliphatic carbocycles. The maximum Gasteiger partial charge on any atom is 0.253 e. The van der Waals surface area contributed by atoms with Crippen molar-refractivity contribution in [1.29, 1.82) is 0 Å². The second-order valence-corrected chi connectivity index (χ2v) is 7.36. The Bertz CT molecular complexity index is 889. The van der Waals surface area contributed by atoms with Crippen molar-refractivity contribution in [3.8, 4) is 11.4 Å². The lowest BCUT2D eigenvalue weighted by Gasteiger charge is -2.21. The van der Waals surface area contributed by atoms with Gasteiger partial charge < -0.3 is 9.80 Å². The first-order valence-electron chi connectivity index (χ1n) is 9.20. The van der Waals surface area contributed by atoms with Gasteiger partial charge in [-0.2, -0.15) is 5.10 Å². The third-order valence-electron chi connectivity index (χ3n) is 4.73. The Kier molecular flexibility index (Phi) is 5.15. The summed E-state index contributed by atoms with van der Waals surface area (Å²) in [5, 5.41) is 10.2. The van der Waals surface area contributed by atoms with E-state index in [9.17, 15) is 4.79 Å². The molecule has 0 bridgehead atoms. The van der Waals surface area contributed by atoms with Crippen molar-refractivity contribution in [2.24, 2.45) is 0 Å². The van der Waals surface area contributed by atoms with Crippen molar-refractivity contribution in [2.75, 3.05) is 31.1 Å². The van der Waals surface area contributed by atoms with E-state index in [1.165, 1.54) is 0 Å². The highest BCUT2D eigenvalue weighted by molar-refractivity contribution is 7.13. The number of carbonyl (C=O) groups is 1. The maximum absolute atomic E-state index is 12.9. The number of anilines is 1. The number of nitrogens with one attached hydrogen (secondary N) is 1. The summed E-state index contributed by atoms with van der Waals surface area (Å²) in [7, 11) is 0. The normalized spacial score (nSPS) is 15.0. The van der Waals surface area contributed by atoms with Crippen LogP contribution >= 0.6 is 11.3 Å². The largest absolute Gasteiger partial charge is 0.346 e. The summed E-state index contributed by atoms with van der Waals surface area (Å²) < 4.78 is 0. The minimum atomic E-state index is 0.0757. The van der Waals surface area contributed by atoms with E-state index in [0.29, 0.717) is 17.9 Å². The van der Waals surface area contributed by atoms with Gasteiger partial charge in [-0.3, -0.25) is 9.89 Å². The number of amides is 1. The topological polar surface area (TPSA) is 78.0 Å². The fourth-order valence-electron chi connectivity index (χ4n) is 3.21. The molecule has 1 amide bonds. The average Bonchev–Trinajstić information content (AvgIpc) is 3.36. The minimum absolute atomic E-state index is 0.0757. The standard InChI is InChI=1S/C19H22N6OS/c1-2-16-21-17(23-22-16)14-4-6-15(7-5-14)18(26)24-9-3-10-25(12-11-24)19-20-8-13-27-19/h4-8,13H,2-3,9-12H2,1H3,(H,21,22,23). The van der Waals surface area contributed by atoms with Crippen LogP contribution in [-0.2, 0) is 6.42 Å². The van der Waals surface area contributed by atoms with Crippen LogP contribution in [0.15, 0.2) is 35.8 Å². The van der Waals surface area contributed by atoms with Crippen molar-refractivity contribution in [1.82, 2.24) is 25.1 Å². The van der Waals surface area contributed by atoms with Crippen molar-refractivity contribution in [3.05, 3.63) is 47.2 Å². The summed E-state index contributed by atoms with van der Waals surface area (Å²) in [6.07, 6.45) is 3.59. The lowest BCUT2D eigenvalue weighted by atomic mass is 10.1. The van der Waals surface area contributed by atoms with Crippen LogP contribution in [0.2, 0.25) is 0 Å². The molecule has 2 aromatic heterocycles. The number of aryl methyl sites for hydroxylation is 1. The molecule has 7 nitrogen and oxygen atoms in total. The predicted molar refractivity (Wildman–Crippen MR) is 106 cm³/mol. The summed E-state index contributed by atoms with van der Waals surface area (Å²) in [6.45, 7) is 5.25. The minimum Gasteiger partial charge on any atom is -0.346 e. The second kappa shape index (κ2) is 7.87. The van der Waals surface area contributed by atoms with E-state index in [1.807, 2.05) is 47.7 Å². The zero-order chi connectivity index (χ0) is 18.6. The Morgan fingerprint density at radius 1 is 1.19 bits per heavy atom. The number of thiazole rings is 1. The molecular formula is C19H22N6OS. The molecule has 27 heavy (non-hydrogen) atoms. The fraction of sp³-hybridized carbons (Fsp3) is 0.368. The van der Waals surface area contributed by atoms with Gasteiger partial charge in [0.25, 0.3) is 5.91 Å². The third-order valence-corrected chi connectivity index (χ3v) is 5.56. The first-order chi connectivity index (χ1) is 13.2. The monoisotopic (exact) mass is 382 g/mol. The molecule has 1 aromatic carbocycles. The summed E-state index contributed by atoms with van der Waals surface area (Å²) in [6, 6.07) is 7.55. The summed E-state index contributed by atoms with van der Waals surface area (Å²) in [5.74, 6) is 1.60. The van der Waals surface area contributed by atoms with Gasteiger partial charge in [-0.05, 0) is 18.6 Å². The van der Waals surface area contributed by atoms with Gasteiger partial charge >= 0.3 is 0 Å². The molecule has 1 N–H and O–H groups in total. The number of benzene rings is 1. The molecule has 0 atom stereocenters. The first kappa shape index (κ1) is 17.7. The van der Waals surface area contributed by atoms with Gasteiger partial charge in [-0.1, -0.05) is 19.1 Å². The lowest BCUT2D eigenvalue weighted by Crippen LogP contribution is -2.35. The fourth-order valence-corrected chi connectivity index (χ4v) is 3.91. The number of nitrogens with zero attached hydrogens (tertiary/aromatic N) is 5. The molecule has 0 unspecified atom stereocenters. The number of aromatic nitrogens is 4. The summed E-state index contributed by atoms with van der Waals surface area (Å²) in [4.78, 5) is 25.9. The van der Waals surface area contributed by atoms with Gasteiger partial charge in [-0.25, -0.2) is 9.97 Å². The molecule has 1 aliphatic rings. The van der Waals surface area contributed by atoms with Crippen molar-refractivity contribution < 1.29 is 4.79 Å². The molecule has 0 saturated carbocycles. The van der Waals surface area contributed by atoms with Gasteiger partial charge in [0.15, 0.2) is 11.0 Å². The predicted octanol–water partition coefficient (Wildman–Crippen LogP) is 2.84. The number of rotatable bonds is 4. The van der Waals surface area contributed by atoms with E-state index in [-0.39, 0.29) is 5.91 Å². The van der Waals surface area contributed by atoms with Gasteiger partial charge in [0.2, 0.25) is 0 Å². The average molecular weight is 382 g/mol. The molecule has 3 heterocycles. The number of hydrogen-bond acceptors (Lipinski definition) is 6. The number of H-pyrrole nitrogens is 1. The van der Waals surface area contributed by atoms with Crippen LogP contribution in [0.3, 0.4) is 0 Å². The van der Waals surface area contributed by atoms with Crippen LogP contribution in [0.25, 0.3) is 11.4 Å². The van der Waals surface area contributed by atoms with Gasteiger partial charge in [0.1, 0.15) is 5.82 Å². The van der Waals surface area contributed by atoms with Crippen LogP contribution < -0.4 is 4.90 Å². The van der Waals surface area contributed by atoms with E-state index in [0.717, 1.165) is 49.0 Å². The van der Waals surface area contributed by atoms with Crippen LogP contribution in [0, 0.1) is 0 Å². The van der Waals surface area contributed by atoms with Crippen molar-refractivity contribution >= 4 is 22.4 Å². The Labute approximate surface area is 162 Å². The van der Waals surface area contributed by atoms with E-state index < -0.39 is 0 Å². The van der Waals surface area contributed by atoms with E-state index in [1.54, 1.807) is 11.3 Å². The van der Waals surface area contributed by atoms with Crippen LogP contribution in [-0.4, -0.2) is 57.2 Å². The molecule has 1 fully saturated rings. The number of carbonyl (C=O) groups excluding carboxylic acids is 1. The number of hydrogen-bond donors (Lipinski definition) is 1. The highest BCUT2D eigenvalue weighted by atomic mass is 32.1. The van der Waals surface area contributed by atoms with Crippen LogP contribution in [0.4, 0.5) is 5.13 Å². The van der Waals surface area contributed by atoms with Crippen LogP contribution in [0.5, 0.6) is 0 Å². The molecular weight excluding hydrogens is 360 g/mol. The summed E-state index contributed by atoms with van der Waals surface area (Å²) >= 11 is 1.64. The molecule has 3 aromatic rings. The summed E-state index contributed by atoms with van der Waals surface area (Å²) in [5.41, 5.74) is 1.61. The van der Waals surface area contributed by atoms with Gasteiger partial charge in [0.05, 0.1) is 0 Å². The zero-order valence-electron chi connectivity index (χ0n) is 15.3. The Morgan fingerprint density at radius 2 is 2.04 bits per heavy atom. The zero-order valence-corrected chi connectivity index (χ0v) is 16.1. The quantitative estimate of drug-likeness (QED) is 0.751. The molecule has 4 rings (SSSR count). The van der Waals surface area contributed by atoms with E-state index in [2.05, 4.69) is 25.1 Å². The molecule has 1 saturated heterocycles. The Hall–Kier alpha value is -2.74. The highest BCUT2D eigenvalue weighted by Crippen LogP contribution is 2.20. The van der Waals surface area contributed by atoms with Crippen molar-refractivity contribution in [3.63, 3.8) is 0 Å². The maximum atomic E-state index is 12.9. The lowest BCUT2D eigenvalue weighted by molar-refractivity contribution is 0.0767. The molecule has 0 radical (unpaired) electrons. The van der Waals surface area contributed by atoms with Crippen molar-refractivity contribution in [2.45, 2.75) is 19.8 Å². The van der Waals surface area contributed by atoms with E-state index in [4.69, 9.17) is 0 Å². The Morgan fingerprint density at radius 3 is 2.74 bits per heavy atom. The van der Waals surface area contributed by atoms with Gasteiger partial charge in [-0.15, -0.1) is 11.3 Å². The molecule has 0 spiro atoms. The highest BCUT2D eigenvalue weighted by Gasteiger charge is 2.21. The van der Waals surface area contributed by atoms with Gasteiger partial charge in [0, 0.05) is 55.3 Å². The number of aromatic amines is 1. The molecule has 8 heteroatoms. The van der Waals surface area contributed by atoms with E-state index >= 15 is 0 Å². The van der Waals surface area contributed by atoms with Crippen LogP contribution in [0.1, 0.15) is 29.5 Å². The second-order valence-electron chi connectivity index (χ2n) is 6.48. The first-order valence-corrected chi connectivity index (χ1v) is 10.1.